The van der Waals surface area contributed by atoms with E-state index in [4.69, 9.17) is 9.73 Å². The largest absolute Gasteiger partial charge is 0.376 e. The van der Waals surface area contributed by atoms with Gasteiger partial charge in [-0.15, -0.1) is 24.0 Å². The average molecular weight is 424 g/mol. The van der Waals surface area contributed by atoms with E-state index in [2.05, 4.69) is 43.2 Å². The van der Waals surface area contributed by atoms with Crippen molar-refractivity contribution in [1.29, 1.82) is 0 Å². The van der Waals surface area contributed by atoms with E-state index >= 15 is 0 Å². The van der Waals surface area contributed by atoms with Crippen molar-refractivity contribution in [3.05, 3.63) is 0 Å². The van der Waals surface area contributed by atoms with Gasteiger partial charge >= 0.3 is 0 Å². The number of aliphatic imine (C=N–C) groups is 1. The summed E-state index contributed by atoms with van der Waals surface area (Å²) in [4.78, 5) is 7.25. The van der Waals surface area contributed by atoms with Gasteiger partial charge in [0.1, 0.15) is 0 Å². The second-order valence-corrected chi connectivity index (χ2v) is 6.63. The van der Waals surface area contributed by atoms with E-state index in [1.807, 2.05) is 0 Å². The summed E-state index contributed by atoms with van der Waals surface area (Å²) in [7, 11) is 0. The molecular formula is C16H33IN4O. The van der Waals surface area contributed by atoms with E-state index < -0.39 is 0 Å². The first-order valence-electron chi connectivity index (χ1n) is 8.50. The third-order valence-electron chi connectivity index (χ3n) is 4.51. The van der Waals surface area contributed by atoms with E-state index in [9.17, 15) is 0 Å². The third-order valence-corrected chi connectivity index (χ3v) is 4.51. The molecule has 3 unspecified atom stereocenters. The van der Waals surface area contributed by atoms with Gasteiger partial charge in [0.2, 0.25) is 0 Å². The smallest absolute Gasteiger partial charge is 0.191 e. The Hall–Kier alpha value is -0.0800. The number of ether oxygens (including phenoxy) is 1. The maximum absolute atomic E-state index is 5.65. The van der Waals surface area contributed by atoms with Crippen LogP contribution in [0.15, 0.2) is 4.99 Å². The van der Waals surface area contributed by atoms with Crippen molar-refractivity contribution in [2.75, 3.05) is 32.8 Å². The van der Waals surface area contributed by atoms with Gasteiger partial charge in [-0.05, 0) is 39.5 Å². The topological polar surface area (TPSA) is 48.9 Å². The predicted molar refractivity (Wildman–Crippen MR) is 103 cm³/mol. The van der Waals surface area contributed by atoms with Crippen LogP contribution in [0.2, 0.25) is 0 Å². The van der Waals surface area contributed by atoms with Crippen molar-refractivity contribution in [3.8, 4) is 0 Å². The Bertz CT molecular complexity index is 345. The minimum atomic E-state index is 0. The minimum absolute atomic E-state index is 0. The molecule has 22 heavy (non-hydrogen) atoms. The molecule has 0 amide bonds. The molecule has 2 rings (SSSR count). The molecule has 2 saturated heterocycles. The number of halogens is 1. The maximum Gasteiger partial charge on any atom is 0.191 e. The highest BCUT2D eigenvalue weighted by Crippen LogP contribution is 2.18. The van der Waals surface area contributed by atoms with Crippen molar-refractivity contribution in [3.63, 3.8) is 0 Å². The summed E-state index contributed by atoms with van der Waals surface area (Å²) in [5.74, 6) is 1.59. The number of hydrogen-bond donors (Lipinski definition) is 2. The molecule has 2 heterocycles. The molecule has 0 bridgehead atoms. The molecule has 0 aromatic carbocycles. The molecule has 2 aliphatic rings. The van der Waals surface area contributed by atoms with Crippen molar-refractivity contribution in [1.82, 2.24) is 15.5 Å². The normalized spacial score (nSPS) is 29.7. The van der Waals surface area contributed by atoms with Crippen LogP contribution in [-0.4, -0.2) is 61.8 Å². The fraction of sp³-hybridized carbons (Fsp3) is 0.938. The SMILES string of the molecule is CCNC(=NCC1CCCO1)NC1CN(C(C)C)CC1C.I. The monoisotopic (exact) mass is 424 g/mol. The first-order valence-corrected chi connectivity index (χ1v) is 8.50. The van der Waals surface area contributed by atoms with E-state index in [0.29, 0.717) is 24.1 Å². The van der Waals surface area contributed by atoms with Crippen LogP contribution in [0.5, 0.6) is 0 Å². The zero-order valence-electron chi connectivity index (χ0n) is 14.5. The molecule has 0 spiro atoms. The van der Waals surface area contributed by atoms with Crippen molar-refractivity contribution < 1.29 is 4.74 Å². The molecule has 2 fully saturated rings. The number of guanidine groups is 1. The standard InChI is InChI=1S/C16H32N4O.HI/c1-5-17-16(18-9-14-7-6-8-21-14)19-15-11-20(12(2)3)10-13(15)4;/h12-15H,5-11H2,1-4H3,(H2,17,18,19);1H. The highest BCUT2D eigenvalue weighted by Gasteiger charge is 2.31. The minimum Gasteiger partial charge on any atom is -0.376 e. The van der Waals surface area contributed by atoms with Gasteiger partial charge in [-0.25, -0.2) is 0 Å². The molecule has 0 aliphatic carbocycles. The number of hydrogen-bond acceptors (Lipinski definition) is 3. The molecule has 0 aromatic rings. The number of nitrogens with one attached hydrogen (secondary N) is 2. The van der Waals surface area contributed by atoms with E-state index in [0.717, 1.165) is 38.6 Å². The number of nitrogens with zero attached hydrogens (tertiary/aromatic N) is 2. The molecule has 0 saturated carbocycles. The Morgan fingerprint density at radius 1 is 1.36 bits per heavy atom. The van der Waals surface area contributed by atoms with Gasteiger partial charge in [0.25, 0.3) is 0 Å². The summed E-state index contributed by atoms with van der Waals surface area (Å²) in [5.41, 5.74) is 0. The lowest BCUT2D eigenvalue weighted by Crippen LogP contribution is -2.47. The van der Waals surface area contributed by atoms with Crippen LogP contribution in [0.3, 0.4) is 0 Å². The molecule has 0 radical (unpaired) electrons. The van der Waals surface area contributed by atoms with Crippen molar-refractivity contribution in [2.45, 2.75) is 58.7 Å². The quantitative estimate of drug-likeness (QED) is 0.403. The van der Waals surface area contributed by atoms with Crippen molar-refractivity contribution in [2.24, 2.45) is 10.9 Å². The molecule has 0 aromatic heterocycles. The number of rotatable bonds is 5. The van der Waals surface area contributed by atoms with Crippen molar-refractivity contribution >= 4 is 29.9 Å². The highest BCUT2D eigenvalue weighted by molar-refractivity contribution is 14.0. The lowest BCUT2D eigenvalue weighted by atomic mass is 10.1. The lowest BCUT2D eigenvalue weighted by Gasteiger charge is -2.22. The lowest BCUT2D eigenvalue weighted by molar-refractivity contribution is 0.117. The Morgan fingerprint density at radius 2 is 2.14 bits per heavy atom. The van der Waals surface area contributed by atoms with E-state index in [1.165, 1.54) is 13.0 Å². The zero-order chi connectivity index (χ0) is 15.2. The van der Waals surface area contributed by atoms with Crippen LogP contribution in [0, 0.1) is 5.92 Å². The van der Waals surface area contributed by atoms with Gasteiger partial charge in [-0.3, -0.25) is 9.89 Å². The zero-order valence-corrected chi connectivity index (χ0v) is 16.8. The van der Waals surface area contributed by atoms with Gasteiger partial charge in [0.15, 0.2) is 5.96 Å². The second-order valence-electron chi connectivity index (χ2n) is 6.63. The Morgan fingerprint density at radius 3 is 2.68 bits per heavy atom. The molecule has 130 valence electrons. The van der Waals surface area contributed by atoms with Gasteiger partial charge < -0.3 is 15.4 Å². The summed E-state index contributed by atoms with van der Waals surface area (Å²) in [6.07, 6.45) is 2.63. The fourth-order valence-electron chi connectivity index (χ4n) is 3.09. The first-order chi connectivity index (χ1) is 10.1. The van der Waals surface area contributed by atoms with Crippen LogP contribution < -0.4 is 10.6 Å². The maximum atomic E-state index is 5.65. The summed E-state index contributed by atoms with van der Waals surface area (Å²) in [5, 5.41) is 6.98. The van der Waals surface area contributed by atoms with Gasteiger partial charge in [0, 0.05) is 38.3 Å². The Labute approximate surface area is 152 Å². The summed E-state index contributed by atoms with van der Waals surface area (Å²) < 4.78 is 5.65. The van der Waals surface area contributed by atoms with Crippen LogP contribution >= 0.6 is 24.0 Å². The molecule has 6 heteroatoms. The predicted octanol–water partition coefficient (Wildman–Crippen LogP) is 2.07. The first kappa shape index (κ1) is 20.0. The Balaban J connectivity index is 0.00000242. The molecular weight excluding hydrogens is 391 g/mol. The summed E-state index contributed by atoms with van der Waals surface area (Å²) in [6.45, 7) is 13.8. The fourth-order valence-corrected chi connectivity index (χ4v) is 3.09. The third kappa shape index (κ3) is 5.85. The summed E-state index contributed by atoms with van der Waals surface area (Å²) >= 11 is 0. The van der Waals surface area contributed by atoms with Gasteiger partial charge in [-0.2, -0.15) is 0 Å². The van der Waals surface area contributed by atoms with E-state index in [1.54, 1.807) is 0 Å². The van der Waals surface area contributed by atoms with E-state index in [-0.39, 0.29) is 24.0 Å². The van der Waals surface area contributed by atoms with Gasteiger partial charge in [0.05, 0.1) is 12.6 Å². The van der Waals surface area contributed by atoms with Gasteiger partial charge in [-0.1, -0.05) is 6.92 Å². The molecule has 5 nitrogen and oxygen atoms in total. The second kappa shape index (κ2) is 9.93. The molecule has 2 N–H and O–H groups in total. The van der Waals surface area contributed by atoms with Crippen LogP contribution in [-0.2, 0) is 4.74 Å². The molecule has 2 aliphatic heterocycles. The van der Waals surface area contributed by atoms with Crippen LogP contribution in [0.25, 0.3) is 0 Å². The average Bonchev–Trinajstić information content (AvgIpc) is 3.07. The summed E-state index contributed by atoms with van der Waals surface area (Å²) in [6, 6.07) is 1.10. The highest BCUT2D eigenvalue weighted by atomic mass is 127. The Kier molecular flexibility index (Phi) is 9.01. The molecule has 3 atom stereocenters. The number of likely N-dealkylation sites (tertiary alicyclic amines) is 1. The van der Waals surface area contributed by atoms with Crippen LogP contribution in [0.4, 0.5) is 0 Å². The van der Waals surface area contributed by atoms with Crippen LogP contribution in [0.1, 0.15) is 40.5 Å².